The summed E-state index contributed by atoms with van der Waals surface area (Å²) in [5.74, 6) is -0.00514. The van der Waals surface area contributed by atoms with Crippen LogP contribution in [0.25, 0.3) is 6.08 Å². The van der Waals surface area contributed by atoms with Gasteiger partial charge in [0, 0.05) is 5.56 Å². The number of rotatable bonds is 3. The van der Waals surface area contributed by atoms with Crippen molar-refractivity contribution in [1.82, 2.24) is 0 Å². The third kappa shape index (κ3) is 3.14. The maximum Gasteiger partial charge on any atom is 0.199 e. The van der Waals surface area contributed by atoms with Gasteiger partial charge in [-0.25, -0.2) is 0 Å². The lowest BCUT2D eigenvalue weighted by Crippen LogP contribution is -1.97. The van der Waals surface area contributed by atoms with Gasteiger partial charge in [0.2, 0.25) is 0 Å². The van der Waals surface area contributed by atoms with E-state index in [0.29, 0.717) is 10.0 Å². The molecule has 0 aliphatic heterocycles. The van der Waals surface area contributed by atoms with Gasteiger partial charge in [-0.1, -0.05) is 60.7 Å². The van der Waals surface area contributed by atoms with E-state index in [1.807, 2.05) is 66.7 Å². The van der Waals surface area contributed by atoms with Crippen molar-refractivity contribution in [2.24, 2.45) is 0 Å². The number of hydrogen-bond donors (Lipinski definition) is 0. The molecule has 17 heavy (non-hydrogen) atoms. The highest BCUT2D eigenvalue weighted by Crippen LogP contribution is 2.17. The Morgan fingerprint density at radius 3 is 2.00 bits per heavy atom. The number of allylic oxidation sites excluding steroid dienone is 1. The molecule has 0 bridgehead atoms. The number of Topliss-reactive ketones (excluding diaryl/α,β-unsaturated/α-hetero) is 1. The van der Waals surface area contributed by atoms with Gasteiger partial charge >= 0.3 is 0 Å². The molecule has 0 unspecified atom stereocenters. The van der Waals surface area contributed by atoms with Gasteiger partial charge < -0.3 is 0 Å². The van der Waals surface area contributed by atoms with Crippen molar-refractivity contribution in [2.75, 3.05) is 0 Å². The summed E-state index contributed by atoms with van der Waals surface area (Å²) in [7, 11) is 0. The zero-order valence-electron chi connectivity index (χ0n) is 9.14. The molecule has 0 saturated carbocycles. The van der Waals surface area contributed by atoms with E-state index in [4.69, 9.17) is 0 Å². The Morgan fingerprint density at radius 2 is 1.41 bits per heavy atom. The normalized spacial score (nSPS) is 11.2. The Hall–Kier alpha value is -1.67. The molecular formula is C15H11BrO. The average Bonchev–Trinajstić information content (AvgIpc) is 2.40. The van der Waals surface area contributed by atoms with Crippen LogP contribution in [0.2, 0.25) is 0 Å². The van der Waals surface area contributed by atoms with E-state index >= 15 is 0 Å². The van der Waals surface area contributed by atoms with Crippen LogP contribution in [0.5, 0.6) is 0 Å². The van der Waals surface area contributed by atoms with Crippen molar-refractivity contribution < 1.29 is 4.79 Å². The summed E-state index contributed by atoms with van der Waals surface area (Å²) in [5, 5.41) is 0. The van der Waals surface area contributed by atoms with Crippen molar-refractivity contribution in [2.45, 2.75) is 0 Å². The Morgan fingerprint density at radius 1 is 0.882 bits per heavy atom. The van der Waals surface area contributed by atoms with E-state index < -0.39 is 0 Å². The molecule has 0 atom stereocenters. The van der Waals surface area contributed by atoms with Crippen LogP contribution in [0.1, 0.15) is 15.9 Å². The van der Waals surface area contributed by atoms with Crippen LogP contribution in [0.15, 0.2) is 65.1 Å². The van der Waals surface area contributed by atoms with Gasteiger partial charge in [-0.3, -0.25) is 4.79 Å². The van der Waals surface area contributed by atoms with E-state index in [0.717, 1.165) is 5.56 Å². The lowest BCUT2D eigenvalue weighted by atomic mass is 10.1. The third-order valence-corrected chi connectivity index (χ3v) is 2.93. The molecule has 0 heterocycles. The minimum atomic E-state index is -0.00514. The van der Waals surface area contributed by atoms with Crippen molar-refractivity contribution in [3.8, 4) is 0 Å². The molecule has 0 aliphatic rings. The molecule has 84 valence electrons. The molecular weight excluding hydrogens is 276 g/mol. The molecule has 0 radical (unpaired) electrons. The summed E-state index contributed by atoms with van der Waals surface area (Å²) in [6.07, 6.45) is 1.83. The van der Waals surface area contributed by atoms with E-state index in [1.54, 1.807) is 0 Å². The molecule has 2 heteroatoms. The van der Waals surface area contributed by atoms with E-state index in [1.165, 1.54) is 0 Å². The van der Waals surface area contributed by atoms with Crippen LogP contribution in [-0.2, 0) is 0 Å². The van der Waals surface area contributed by atoms with Gasteiger partial charge in [0.25, 0.3) is 0 Å². The van der Waals surface area contributed by atoms with Crippen molar-refractivity contribution in [3.05, 3.63) is 76.3 Å². The van der Waals surface area contributed by atoms with E-state index in [2.05, 4.69) is 15.9 Å². The molecule has 1 nitrogen and oxygen atoms in total. The first kappa shape index (κ1) is 11.8. The number of ketones is 1. The summed E-state index contributed by atoms with van der Waals surface area (Å²) in [4.78, 5) is 12.0. The summed E-state index contributed by atoms with van der Waals surface area (Å²) in [6, 6.07) is 19.0. The van der Waals surface area contributed by atoms with E-state index in [-0.39, 0.29) is 5.78 Å². The molecule has 0 fully saturated rings. The second-order valence-electron chi connectivity index (χ2n) is 3.60. The second kappa shape index (κ2) is 5.60. The largest absolute Gasteiger partial charge is 0.288 e. The quantitative estimate of drug-likeness (QED) is 0.607. The number of halogens is 1. The molecule has 0 spiro atoms. The Labute approximate surface area is 109 Å². The topological polar surface area (TPSA) is 17.1 Å². The number of benzene rings is 2. The van der Waals surface area contributed by atoms with Gasteiger partial charge in [0.05, 0.1) is 4.48 Å². The fraction of sp³-hybridized carbons (Fsp3) is 0. The molecule has 0 amide bonds. The first-order chi connectivity index (χ1) is 8.27. The summed E-state index contributed by atoms with van der Waals surface area (Å²) < 4.78 is 0.565. The molecule has 0 N–H and O–H groups in total. The molecule has 2 rings (SSSR count). The second-order valence-corrected chi connectivity index (χ2v) is 4.45. The van der Waals surface area contributed by atoms with Crippen LogP contribution >= 0.6 is 15.9 Å². The van der Waals surface area contributed by atoms with Gasteiger partial charge in [-0.05, 0) is 27.6 Å². The SMILES string of the molecule is O=C(C(Br)=Cc1ccccc1)c1ccccc1. The lowest BCUT2D eigenvalue weighted by Gasteiger charge is -1.99. The first-order valence-electron chi connectivity index (χ1n) is 5.29. The van der Waals surface area contributed by atoms with Crippen LogP contribution in [-0.4, -0.2) is 5.78 Å². The van der Waals surface area contributed by atoms with E-state index in [9.17, 15) is 4.79 Å². The smallest absolute Gasteiger partial charge is 0.199 e. The number of carbonyl (C=O) groups excluding carboxylic acids is 1. The Bertz CT molecular complexity index is 529. The van der Waals surface area contributed by atoms with Gasteiger partial charge in [0.15, 0.2) is 5.78 Å². The predicted molar refractivity (Wildman–Crippen MR) is 74.1 cm³/mol. The molecule has 0 aliphatic carbocycles. The summed E-state index contributed by atoms with van der Waals surface area (Å²) in [5.41, 5.74) is 1.69. The van der Waals surface area contributed by atoms with Crippen molar-refractivity contribution in [1.29, 1.82) is 0 Å². The number of carbonyl (C=O) groups is 1. The highest BCUT2D eigenvalue weighted by atomic mass is 79.9. The van der Waals surface area contributed by atoms with Crippen LogP contribution in [0.4, 0.5) is 0 Å². The zero-order valence-corrected chi connectivity index (χ0v) is 10.7. The standard InChI is InChI=1S/C15H11BrO/c16-14(11-12-7-3-1-4-8-12)15(17)13-9-5-2-6-10-13/h1-11H. The highest BCUT2D eigenvalue weighted by Gasteiger charge is 2.08. The van der Waals surface area contributed by atoms with Gasteiger partial charge in [0.1, 0.15) is 0 Å². The number of hydrogen-bond acceptors (Lipinski definition) is 1. The van der Waals surface area contributed by atoms with Crippen molar-refractivity contribution >= 4 is 27.8 Å². The summed E-state index contributed by atoms with van der Waals surface area (Å²) in [6.45, 7) is 0. The van der Waals surface area contributed by atoms with Crippen LogP contribution < -0.4 is 0 Å². The van der Waals surface area contributed by atoms with Crippen LogP contribution in [0, 0.1) is 0 Å². The maximum atomic E-state index is 12.0. The van der Waals surface area contributed by atoms with Gasteiger partial charge in [-0.15, -0.1) is 0 Å². The Kier molecular flexibility index (Phi) is 3.89. The minimum Gasteiger partial charge on any atom is -0.288 e. The first-order valence-corrected chi connectivity index (χ1v) is 6.08. The fourth-order valence-corrected chi connectivity index (χ4v) is 1.98. The molecule has 2 aromatic rings. The monoisotopic (exact) mass is 286 g/mol. The molecule has 2 aromatic carbocycles. The Balaban J connectivity index is 2.24. The highest BCUT2D eigenvalue weighted by molar-refractivity contribution is 9.12. The third-order valence-electron chi connectivity index (χ3n) is 2.35. The average molecular weight is 287 g/mol. The fourth-order valence-electron chi connectivity index (χ4n) is 1.49. The zero-order chi connectivity index (χ0) is 12.1. The predicted octanol–water partition coefficient (Wildman–Crippen LogP) is 4.31. The lowest BCUT2D eigenvalue weighted by molar-refractivity contribution is 0.104. The summed E-state index contributed by atoms with van der Waals surface area (Å²) >= 11 is 3.33. The molecule has 0 saturated heterocycles. The van der Waals surface area contributed by atoms with Crippen molar-refractivity contribution in [3.63, 3.8) is 0 Å². The molecule has 0 aromatic heterocycles. The van der Waals surface area contributed by atoms with Crippen LogP contribution in [0.3, 0.4) is 0 Å². The maximum absolute atomic E-state index is 12.0. The minimum absolute atomic E-state index is 0.00514. The van der Waals surface area contributed by atoms with Gasteiger partial charge in [-0.2, -0.15) is 0 Å².